The van der Waals surface area contributed by atoms with Crippen LogP contribution in [-0.4, -0.2) is 22.5 Å². The Morgan fingerprint density at radius 1 is 1.26 bits per heavy atom. The predicted molar refractivity (Wildman–Crippen MR) is 72.6 cm³/mol. The van der Waals surface area contributed by atoms with Crippen molar-refractivity contribution in [1.29, 1.82) is 0 Å². The molecule has 2 rings (SSSR count). The maximum Gasteiger partial charge on any atom is 0.329 e. The maximum atomic E-state index is 12.0. The minimum absolute atomic E-state index is 0.0881. The summed E-state index contributed by atoms with van der Waals surface area (Å²) in [5.74, 6) is 0.0623. The number of hydrogen-bond donors (Lipinski definition) is 2. The molecule has 2 N–H and O–H groups in total. The van der Waals surface area contributed by atoms with E-state index < -0.39 is 11.5 Å². The molecule has 0 aromatic rings. The average Bonchev–Trinajstić information content (AvgIpc) is 2.94. The van der Waals surface area contributed by atoms with Crippen LogP contribution < -0.4 is 5.32 Å². The molecule has 2 fully saturated rings. The van der Waals surface area contributed by atoms with Crippen molar-refractivity contribution in [2.24, 2.45) is 17.3 Å². The monoisotopic (exact) mass is 267 g/mol. The zero-order valence-electron chi connectivity index (χ0n) is 12.2. The van der Waals surface area contributed by atoms with Gasteiger partial charge in [0.1, 0.15) is 5.54 Å². The van der Waals surface area contributed by atoms with Crippen molar-refractivity contribution in [3.8, 4) is 0 Å². The third-order valence-corrected chi connectivity index (χ3v) is 4.49. The van der Waals surface area contributed by atoms with Crippen LogP contribution in [0.4, 0.5) is 0 Å². The highest BCUT2D eigenvalue weighted by molar-refractivity contribution is 5.89. The van der Waals surface area contributed by atoms with Crippen molar-refractivity contribution in [1.82, 2.24) is 5.32 Å². The molecule has 0 aromatic heterocycles. The summed E-state index contributed by atoms with van der Waals surface area (Å²) in [5.41, 5.74) is -0.639. The Bertz CT molecular complexity index is 385. The second kappa shape index (κ2) is 4.80. The normalized spacial score (nSPS) is 31.5. The van der Waals surface area contributed by atoms with Crippen LogP contribution in [0, 0.1) is 17.3 Å². The fourth-order valence-electron chi connectivity index (χ4n) is 3.80. The lowest BCUT2D eigenvalue weighted by Gasteiger charge is -2.38. The molecule has 4 nitrogen and oxygen atoms in total. The highest BCUT2D eigenvalue weighted by Crippen LogP contribution is 2.43. The molecule has 1 amide bonds. The number of amides is 1. The van der Waals surface area contributed by atoms with E-state index in [4.69, 9.17) is 5.11 Å². The summed E-state index contributed by atoms with van der Waals surface area (Å²) in [6.45, 7) is 6.76. The maximum absolute atomic E-state index is 12.0. The summed E-state index contributed by atoms with van der Waals surface area (Å²) in [7, 11) is 0. The summed E-state index contributed by atoms with van der Waals surface area (Å²) < 4.78 is 0. The van der Waals surface area contributed by atoms with Gasteiger partial charge in [-0.3, -0.25) is 4.79 Å². The van der Waals surface area contributed by atoms with Gasteiger partial charge in [-0.1, -0.05) is 20.8 Å². The number of nitrogens with one attached hydrogen (secondary N) is 1. The van der Waals surface area contributed by atoms with E-state index in [2.05, 4.69) is 26.1 Å². The van der Waals surface area contributed by atoms with Gasteiger partial charge >= 0.3 is 5.97 Å². The predicted octanol–water partition coefficient (Wildman–Crippen LogP) is 2.57. The smallest absolute Gasteiger partial charge is 0.329 e. The Morgan fingerprint density at radius 2 is 1.89 bits per heavy atom. The third-order valence-electron chi connectivity index (χ3n) is 4.49. The lowest BCUT2D eigenvalue weighted by atomic mass is 9.67. The van der Waals surface area contributed by atoms with E-state index in [1.54, 1.807) is 0 Å². The van der Waals surface area contributed by atoms with Crippen molar-refractivity contribution in [2.45, 2.75) is 64.8 Å². The van der Waals surface area contributed by atoms with Gasteiger partial charge in [-0.15, -0.1) is 0 Å². The van der Waals surface area contributed by atoms with Crippen molar-refractivity contribution in [3.63, 3.8) is 0 Å². The Hall–Kier alpha value is -1.06. The zero-order valence-corrected chi connectivity index (χ0v) is 12.2. The Morgan fingerprint density at radius 3 is 2.37 bits per heavy atom. The average molecular weight is 267 g/mol. The molecule has 0 saturated heterocycles. The van der Waals surface area contributed by atoms with E-state index >= 15 is 0 Å². The Labute approximate surface area is 115 Å². The molecule has 0 aliphatic heterocycles. The van der Waals surface area contributed by atoms with Gasteiger partial charge in [-0.25, -0.2) is 4.79 Å². The summed E-state index contributed by atoms with van der Waals surface area (Å²) in [5, 5.41) is 11.8. The van der Waals surface area contributed by atoms with E-state index in [0.717, 1.165) is 12.8 Å². The van der Waals surface area contributed by atoms with Gasteiger partial charge in [-0.2, -0.15) is 0 Å². The molecule has 19 heavy (non-hydrogen) atoms. The first-order valence-corrected chi connectivity index (χ1v) is 7.27. The molecular formula is C15H25NO3. The quantitative estimate of drug-likeness (QED) is 0.822. The molecule has 0 aromatic carbocycles. The summed E-state index contributed by atoms with van der Waals surface area (Å²) >= 11 is 0. The topological polar surface area (TPSA) is 66.4 Å². The minimum Gasteiger partial charge on any atom is -0.480 e. The van der Waals surface area contributed by atoms with E-state index in [1.165, 1.54) is 6.42 Å². The fourth-order valence-corrected chi connectivity index (χ4v) is 3.80. The third kappa shape index (κ3) is 3.48. The number of carboxylic acids is 1. The van der Waals surface area contributed by atoms with Crippen LogP contribution in [0.5, 0.6) is 0 Å². The first-order valence-electron chi connectivity index (χ1n) is 7.27. The van der Waals surface area contributed by atoms with E-state index in [9.17, 15) is 9.59 Å². The van der Waals surface area contributed by atoms with E-state index in [0.29, 0.717) is 36.5 Å². The van der Waals surface area contributed by atoms with Crippen LogP contribution in [0.25, 0.3) is 0 Å². The van der Waals surface area contributed by atoms with Gasteiger partial charge in [-0.05, 0) is 49.4 Å². The number of hydrogen-bond acceptors (Lipinski definition) is 2. The molecule has 2 aliphatic carbocycles. The summed E-state index contributed by atoms with van der Waals surface area (Å²) in [6, 6.07) is 0. The zero-order chi connectivity index (χ0) is 14.3. The summed E-state index contributed by atoms with van der Waals surface area (Å²) in [4.78, 5) is 23.1. The van der Waals surface area contributed by atoms with Crippen LogP contribution >= 0.6 is 0 Å². The van der Waals surface area contributed by atoms with E-state index in [1.807, 2.05) is 0 Å². The van der Waals surface area contributed by atoms with Crippen LogP contribution in [0.1, 0.15) is 59.3 Å². The van der Waals surface area contributed by atoms with Crippen molar-refractivity contribution < 1.29 is 14.7 Å². The van der Waals surface area contributed by atoms with Gasteiger partial charge in [0.25, 0.3) is 0 Å². The number of rotatable bonds is 4. The standard InChI is InChI=1S/C15H25NO3/c1-10-6-11(9-14(2,3)8-10)7-12(17)16-15(4-5-15)13(18)19/h10-11H,4-9H2,1-3H3,(H,16,17)(H,18,19). The molecule has 0 heterocycles. The number of aliphatic carboxylic acids is 1. The first kappa shape index (κ1) is 14.4. The van der Waals surface area contributed by atoms with Crippen molar-refractivity contribution in [2.75, 3.05) is 0 Å². The SMILES string of the molecule is CC1CC(CC(=O)NC2(C(=O)O)CC2)CC(C)(C)C1. The van der Waals surface area contributed by atoms with Gasteiger partial charge in [0.15, 0.2) is 0 Å². The van der Waals surface area contributed by atoms with Gasteiger partial charge < -0.3 is 10.4 Å². The fraction of sp³-hybridized carbons (Fsp3) is 0.867. The molecule has 2 saturated carbocycles. The van der Waals surface area contributed by atoms with Crippen LogP contribution in [-0.2, 0) is 9.59 Å². The van der Waals surface area contributed by atoms with Gasteiger partial charge in [0.05, 0.1) is 0 Å². The summed E-state index contributed by atoms with van der Waals surface area (Å²) in [6.07, 6.45) is 4.97. The largest absolute Gasteiger partial charge is 0.480 e. The van der Waals surface area contributed by atoms with Crippen molar-refractivity contribution in [3.05, 3.63) is 0 Å². The molecule has 2 atom stereocenters. The van der Waals surface area contributed by atoms with Crippen molar-refractivity contribution >= 4 is 11.9 Å². The number of carboxylic acid groups (broad SMARTS) is 1. The van der Waals surface area contributed by atoms with Gasteiger partial charge in [0.2, 0.25) is 5.91 Å². The Balaban J connectivity index is 1.87. The minimum atomic E-state index is -0.938. The second-order valence-corrected chi connectivity index (χ2v) is 7.42. The van der Waals surface area contributed by atoms with Crippen LogP contribution in [0.15, 0.2) is 0 Å². The first-order chi connectivity index (χ1) is 8.72. The molecule has 4 heteroatoms. The van der Waals surface area contributed by atoms with Gasteiger partial charge in [0, 0.05) is 6.42 Å². The van der Waals surface area contributed by atoms with Crippen LogP contribution in [0.3, 0.4) is 0 Å². The number of carbonyl (C=O) groups is 2. The Kier molecular flexibility index (Phi) is 3.63. The molecule has 0 spiro atoms. The lowest BCUT2D eigenvalue weighted by molar-refractivity contribution is -0.143. The molecule has 0 radical (unpaired) electrons. The molecule has 0 bridgehead atoms. The molecule has 2 unspecified atom stereocenters. The van der Waals surface area contributed by atoms with E-state index in [-0.39, 0.29) is 5.91 Å². The van der Waals surface area contributed by atoms with Crippen LogP contribution in [0.2, 0.25) is 0 Å². The lowest BCUT2D eigenvalue weighted by Crippen LogP contribution is -2.44. The highest BCUT2D eigenvalue weighted by Gasteiger charge is 2.51. The second-order valence-electron chi connectivity index (χ2n) is 7.42. The highest BCUT2D eigenvalue weighted by atomic mass is 16.4. The molecular weight excluding hydrogens is 242 g/mol. The molecule has 2 aliphatic rings. The number of carbonyl (C=O) groups excluding carboxylic acids is 1. The molecule has 108 valence electrons.